The van der Waals surface area contributed by atoms with Crippen LogP contribution >= 0.6 is 0 Å². The largest absolute Gasteiger partial charge is 0.459 e. The summed E-state index contributed by atoms with van der Waals surface area (Å²) >= 11 is 0. The summed E-state index contributed by atoms with van der Waals surface area (Å²) < 4.78 is 10.8. The topological polar surface area (TPSA) is 88.5 Å². The minimum absolute atomic E-state index is 0.131. The molecule has 2 aromatic heterocycles. The van der Waals surface area contributed by atoms with Crippen LogP contribution in [0.5, 0.6) is 0 Å². The van der Waals surface area contributed by atoms with Gasteiger partial charge in [-0.25, -0.2) is 4.98 Å². The maximum Gasteiger partial charge on any atom is 0.263 e. The van der Waals surface area contributed by atoms with Gasteiger partial charge in [-0.15, -0.1) is 0 Å². The third kappa shape index (κ3) is 3.22. The molecule has 0 aromatic carbocycles. The summed E-state index contributed by atoms with van der Waals surface area (Å²) in [6.45, 7) is 2.07. The second-order valence-corrected chi connectivity index (χ2v) is 5.88. The highest BCUT2D eigenvalue weighted by molar-refractivity contribution is 5.78. The molecule has 22 heavy (non-hydrogen) atoms. The van der Waals surface area contributed by atoms with Crippen molar-refractivity contribution in [3.8, 4) is 11.7 Å². The van der Waals surface area contributed by atoms with Crippen LogP contribution in [0.15, 0.2) is 27.2 Å². The number of aliphatic hydroxyl groups is 1. The molecule has 1 fully saturated rings. The summed E-state index contributed by atoms with van der Waals surface area (Å²) in [6, 6.07) is 3.51. The van der Waals surface area contributed by atoms with Crippen molar-refractivity contribution in [1.82, 2.24) is 10.3 Å². The Hall–Kier alpha value is -2.08. The lowest BCUT2D eigenvalue weighted by Crippen LogP contribution is -2.41. The van der Waals surface area contributed by atoms with Gasteiger partial charge in [0.2, 0.25) is 5.91 Å². The summed E-state index contributed by atoms with van der Waals surface area (Å²) in [5.74, 6) is 1.35. The SMILES string of the molecule is Cc1oc(-c2ccco2)nc1CC(=O)NCC1(O)CCCC1. The van der Waals surface area contributed by atoms with E-state index in [9.17, 15) is 9.90 Å². The number of aryl methyl sites for hydroxylation is 1. The van der Waals surface area contributed by atoms with Crippen LogP contribution in [0.1, 0.15) is 37.1 Å². The molecule has 0 unspecified atom stereocenters. The quantitative estimate of drug-likeness (QED) is 0.884. The van der Waals surface area contributed by atoms with Crippen molar-refractivity contribution < 1.29 is 18.7 Å². The molecule has 1 aliphatic carbocycles. The lowest BCUT2D eigenvalue weighted by molar-refractivity contribution is -0.121. The number of rotatable bonds is 5. The number of aromatic nitrogens is 1. The number of amides is 1. The van der Waals surface area contributed by atoms with Gasteiger partial charge in [0, 0.05) is 6.54 Å². The molecular weight excluding hydrogens is 284 g/mol. The number of nitrogens with zero attached hydrogens (tertiary/aromatic N) is 1. The molecule has 2 aromatic rings. The van der Waals surface area contributed by atoms with Gasteiger partial charge < -0.3 is 19.3 Å². The standard InChI is InChI=1S/C16H20N2O4/c1-11-12(18-15(22-11)13-5-4-8-21-13)9-14(19)17-10-16(20)6-2-3-7-16/h4-5,8,20H,2-3,6-7,9-10H2,1H3,(H,17,19). The number of oxazole rings is 1. The molecule has 0 atom stereocenters. The van der Waals surface area contributed by atoms with Crippen molar-refractivity contribution in [3.05, 3.63) is 29.9 Å². The number of nitrogens with one attached hydrogen (secondary N) is 1. The molecule has 0 saturated heterocycles. The number of hydrogen-bond acceptors (Lipinski definition) is 5. The summed E-state index contributed by atoms with van der Waals surface area (Å²) in [5, 5.41) is 13.0. The predicted molar refractivity (Wildman–Crippen MR) is 79.1 cm³/mol. The fourth-order valence-corrected chi connectivity index (χ4v) is 2.79. The van der Waals surface area contributed by atoms with Crippen LogP contribution in [-0.4, -0.2) is 28.1 Å². The van der Waals surface area contributed by atoms with Crippen LogP contribution in [0.25, 0.3) is 11.7 Å². The van der Waals surface area contributed by atoms with Crippen molar-refractivity contribution in [2.24, 2.45) is 0 Å². The molecule has 0 radical (unpaired) electrons. The number of carbonyl (C=O) groups excluding carboxylic acids is 1. The highest BCUT2D eigenvalue weighted by Crippen LogP contribution is 2.28. The predicted octanol–water partition coefficient (Wildman–Crippen LogP) is 2.21. The second kappa shape index (κ2) is 5.96. The number of hydrogen-bond donors (Lipinski definition) is 2. The van der Waals surface area contributed by atoms with Gasteiger partial charge in [0.15, 0.2) is 5.76 Å². The van der Waals surface area contributed by atoms with Gasteiger partial charge >= 0.3 is 0 Å². The minimum atomic E-state index is -0.742. The minimum Gasteiger partial charge on any atom is -0.459 e. The summed E-state index contributed by atoms with van der Waals surface area (Å²) in [7, 11) is 0. The monoisotopic (exact) mass is 304 g/mol. The van der Waals surface area contributed by atoms with Gasteiger partial charge in [-0.2, -0.15) is 0 Å². The van der Waals surface area contributed by atoms with Gasteiger partial charge in [-0.3, -0.25) is 4.79 Å². The molecule has 0 aliphatic heterocycles. The molecule has 0 spiro atoms. The van der Waals surface area contributed by atoms with Gasteiger partial charge in [0.05, 0.1) is 24.0 Å². The fraction of sp³-hybridized carbons (Fsp3) is 0.500. The van der Waals surface area contributed by atoms with Crippen molar-refractivity contribution in [2.45, 2.75) is 44.6 Å². The Balaban J connectivity index is 1.59. The summed E-state index contributed by atoms with van der Waals surface area (Å²) in [6.07, 6.45) is 5.20. The Bertz CT molecular complexity index is 639. The van der Waals surface area contributed by atoms with Gasteiger partial charge in [0.1, 0.15) is 5.76 Å². The van der Waals surface area contributed by atoms with Crippen molar-refractivity contribution in [1.29, 1.82) is 0 Å². The molecular formula is C16H20N2O4. The van der Waals surface area contributed by atoms with Crippen LogP contribution in [0.3, 0.4) is 0 Å². The smallest absolute Gasteiger partial charge is 0.263 e. The zero-order chi connectivity index (χ0) is 15.6. The van der Waals surface area contributed by atoms with Crippen molar-refractivity contribution in [2.75, 3.05) is 6.54 Å². The molecule has 1 aliphatic rings. The van der Waals surface area contributed by atoms with Gasteiger partial charge in [0.25, 0.3) is 5.89 Å². The zero-order valence-electron chi connectivity index (χ0n) is 12.6. The highest BCUT2D eigenvalue weighted by Gasteiger charge is 2.31. The first-order valence-corrected chi connectivity index (χ1v) is 7.55. The van der Waals surface area contributed by atoms with E-state index in [1.807, 2.05) is 0 Å². The Kier molecular flexibility index (Phi) is 4.02. The third-order valence-corrected chi connectivity index (χ3v) is 4.10. The Labute approximate surface area is 128 Å². The Morgan fingerprint density at radius 1 is 1.45 bits per heavy atom. The van der Waals surface area contributed by atoms with E-state index in [1.165, 1.54) is 0 Å². The molecule has 118 valence electrons. The number of carbonyl (C=O) groups is 1. The van der Waals surface area contributed by atoms with E-state index in [1.54, 1.807) is 25.3 Å². The summed E-state index contributed by atoms with van der Waals surface area (Å²) in [5.41, 5.74) is -0.157. The molecule has 1 saturated carbocycles. The molecule has 0 bridgehead atoms. The maximum absolute atomic E-state index is 12.0. The maximum atomic E-state index is 12.0. The lowest BCUT2D eigenvalue weighted by atomic mass is 10.0. The average Bonchev–Trinajstić information content (AvgIpc) is 3.20. The second-order valence-electron chi connectivity index (χ2n) is 5.88. The van der Waals surface area contributed by atoms with Gasteiger partial charge in [-0.1, -0.05) is 12.8 Å². The molecule has 1 amide bonds. The van der Waals surface area contributed by atoms with Crippen LogP contribution in [0.4, 0.5) is 0 Å². The van der Waals surface area contributed by atoms with Crippen LogP contribution in [0.2, 0.25) is 0 Å². The van der Waals surface area contributed by atoms with Gasteiger partial charge in [-0.05, 0) is 31.9 Å². The van der Waals surface area contributed by atoms with E-state index in [-0.39, 0.29) is 12.3 Å². The lowest BCUT2D eigenvalue weighted by Gasteiger charge is -2.22. The number of furan rings is 1. The van der Waals surface area contributed by atoms with E-state index >= 15 is 0 Å². The first-order valence-electron chi connectivity index (χ1n) is 7.55. The van der Waals surface area contributed by atoms with E-state index in [4.69, 9.17) is 8.83 Å². The molecule has 6 nitrogen and oxygen atoms in total. The average molecular weight is 304 g/mol. The van der Waals surface area contributed by atoms with Crippen molar-refractivity contribution >= 4 is 5.91 Å². The van der Waals surface area contributed by atoms with E-state index in [2.05, 4.69) is 10.3 Å². The first kappa shape index (κ1) is 14.8. The van der Waals surface area contributed by atoms with Crippen LogP contribution < -0.4 is 5.32 Å². The molecule has 2 N–H and O–H groups in total. The first-order chi connectivity index (χ1) is 10.6. The molecule has 6 heteroatoms. The molecule has 3 rings (SSSR count). The highest BCUT2D eigenvalue weighted by atomic mass is 16.4. The summed E-state index contributed by atoms with van der Waals surface area (Å²) in [4.78, 5) is 16.3. The normalized spacial score (nSPS) is 16.8. The van der Waals surface area contributed by atoms with E-state index in [0.29, 0.717) is 29.6 Å². The van der Waals surface area contributed by atoms with E-state index < -0.39 is 5.60 Å². The third-order valence-electron chi connectivity index (χ3n) is 4.10. The van der Waals surface area contributed by atoms with Crippen LogP contribution in [0, 0.1) is 6.92 Å². The van der Waals surface area contributed by atoms with Crippen LogP contribution in [-0.2, 0) is 11.2 Å². The van der Waals surface area contributed by atoms with Crippen molar-refractivity contribution in [3.63, 3.8) is 0 Å². The van der Waals surface area contributed by atoms with E-state index in [0.717, 1.165) is 25.7 Å². The Morgan fingerprint density at radius 2 is 2.23 bits per heavy atom. The zero-order valence-corrected chi connectivity index (χ0v) is 12.6. The Morgan fingerprint density at radius 3 is 2.91 bits per heavy atom. The fourth-order valence-electron chi connectivity index (χ4n) is 2.79. The molecule has 2 heterocycles.